The molecule has 0 bridgehead atoms. The van der Waals surface area contributed by atoms with Gasteiger partial charge in [-0.15, -0.1) is 0 Å². The van der Waals surface area contributed by atoms with Gasteiger partial charge in [0.25, 0.3) is 0 Å². The van der Waals surface area contributed by atoms with Gasteiger partial charge in [0, 0.05) is 24.5 Å². The van der Waals surface area contributed by atoms with E-state index in [1.54, 1.807) is 0 Å². The third-order valence-corrected chi connectivity index (χ3v) is 2.07. The molecule has 0 amide bonds. The number of nitrogen functional groups attached to an aromatic ring is 1. The zero-order valence-corrected chi connectivity index (χ0v) is 6.67. The van der Waals surface area contributed by atoms with Crippen LogP contribution in [0.5, 0.6) is 0 Å². The number of hydrogen-bond acceptors (Lipinski definition) is 2. The van der Waals surface area contributed by atoms with Crippen molar-refractivity contribution in [2.45, 2.75) is 6.92 Å². The molecule has 2 heteroatoms. The highest BCUT2D eigenvalue weighted by Crippen LogP contribution is 2.24. The van der Waals surface area contributed by atoms with Gasteiger partial charge in [0.1, 0.15) is 0 Å². The molecule has 1 aromatic carbocycles. The molecule has 2 rings (SSSR count). The van der Waals surface area contributed by atoms with Gasteiger partial charge < -0.3 is 10.6 Å². The van der Waals surface area contributed by atoms with Gasteiger partial charge in [0.05, 0.1) is 0 Å². The molecule has 11 heavy (non-hydrogen) atoms. The van der Waals surface area contributed by atoms with Crippen LogP contribution >= 0.6 is 0 Å². The number of rotatable bonds is 1. The average molecular weight is 148 g/mol. The van der Waals surface area contributed by atoms with Crippen molar-refractivity contribution < 1.29 is 0 Å². The van der Waals surface area contributed by atoms with Gasteiger partial charge in [-0.25, -0.2) is 0 Å². The third kappa shape index (κ3) is 1.16. The molecule has 1 aromatic rings. The third-order valence-electron chi connectivity index (χ3n) is 2.07. The van der Waals surface area contributed by atoms with E-state index in [2.05, 4.69) is 17.0 Å². The van der Waals surface area contributed by atoms with Crippen molar-refractivity contribution in [1.29, 1.82) is 0 Å². The number of aryl methyl sites for hydroxylation is 1. The van der Waals surface area contributed by atoms with Crippen LogP contribution in [-0.2, 0) is 0 Å². The average Bonchev–Trinajstić information content (AvgIpc) is 2.77. The Bertz CT molecular complexity index is 277. The highest BCUT2D eigenvalue weighted by molar-refractivity contribution is 5.60. The maximum absolute atomic E-state index is 5.69. The summed E-state index contributed by atoms with van der Waals surface area (Å²) in [6, 6.07) is 6.20. The molecule has 2 N–H and O–H groups in total. The van der Waals surface area contributed by atoms with Crippen molar-refractivity contribution >= 4 is 11.4 Å². The molecule has 0 aromatic heterocycles. The maximum Gasteiger partial charge on any atom is 0.0371 e. The molecule has 1 fully saturated rings. The summed E-state index contributed by atoms with van der Waals surface area (Å²) in [4.78, 5) is 2.31. The molecular formula is C9H12N2. The summed E-state index contributed by atoms with van der Waals surface area (Å²) in [6.45, 7) is 4.44. The molecule has 1 saturated heterocycles. The van der Waals surface area contributed by atoms with Gasteiger partial charge in [0.2, 0.25) is 0 Å². The van der Waals surface area contributed by atoms with Crippen LogP contribution in [0.15, 0.2) is 18.2 Å². The molecule has 1 heterocycles. The minimum Gasteiger partial charge on any atom is -0.399 e. The largest absolute Gasteiger partial charge is 0.399 e. The molecule has 0 atom stereocenters. The first kappa shape index (κ1) is 6.53. The van der Waals surface area contributed by atoms with E-state index in [0.717, 1.165) is 5.69 Å². The topological polar surface area (TPSA) is 29.0 Å². The summed E-state index contributed by atoms with van der Waals surface area (Å²) in [5.41, 5.74) is 9.05. The number of hydrogen-bond donors (Lipinski definition) is 1. The monoisotopic (exact) mass is 148 g/mol. The number of benzene rings is 1. The summed E-state index contributed by atoms with van der Waals surface area (Å²) in [7, 11) is 0. The predicted molar refractivity (Wildman–Crippen MR) is 47.8 cm³/mol. The van der Waals surface area contributed by atoms with Crippen LogP contribution < -0.4 is 10.6 Å². The molecule has 1 aliphatic rings. The second-order valence-electron chi connectivity index (χ2n) is 3.03. The maximum atomic E-state index is 5.69. The SMILES string of the molecule is Cc1cc(N2CC2)ccc1N. The lowest BCUT2D eigenvalue weighted by atomic mass is 10.2. The minimum atomic E-state index is 0.885. The van der Waals surface area contributed by atoms with Gasteiger partial charge >= 0.3 is 0 Å². The number of anilines is 2. The highest BCUT2D eigenvalue weighted by atomic mass is 15.3. The zero-order valence-electron chi connectivity index (χ0n) is 6.67. The fourth-order valence-electron chi connectivity index (χ4n) is 1.16. The summed E-state index contributed by atoms with van der Waals surface area (Å²) in [6.07, 6.45) is 0. The second kappa shape index (κ2) is 2.16. The summed E-state index contributed by atoms with van der Waals surface area (Å²) < 4.78 is 0. The van der Waals surface area contributed by atoms with Gasteiger partial charge in [-0.1, -0.05) is 0 Å². The Kier molecular flexibility index (Phi) is 1.28. The van der Waals surface area contributed by atoms with Crippen LogP contribution in [0.3, 0.4) is 0 Å². The smallest absolute Gasteiger partial charge is 0.0371 e. The van der Waals surface area contributed by atoms with Crippen LogP contribution in [0.1, 0.15) is 5.56 Å². The normalized spacial score (nSPS) is 15.2. The van der Waals surface area contributed by atoms with Gasteiger partial charge in [-0.2, -0.15) is 0 Å². The Balaban J connectivity index is 2.36. The van der Waals surface area contributed by atoms with E-state index in [0.29, 0.717) is 0 Å². The minimum absolute atomic E-state index is 0.885. The lowest BCUT2D eigenvalue weighted by Crippen LogP contribution is -1.94. The van der Waals surface area contributed by atoms with E-state index < -0.39 is 0 Å². The molecule has 0 spiro atoms. The molecule has 1 aliphatic heterocycles. The molecule has 2 nitrogen and oxygen atoms in total. The van der Waals surface area contributed by atoms with E-state index in [-0.39, 0.29) is 0 Å². The Morgan fingerprint density at radius 2 is 2.09 bits per heavy atom. The Morgan fingerprint density at radius 3 is 2.64 bits per heavy atom. The summed E-state index contributed by atoms with van der Waals surface area (Å²) in [5, 5.41) is 0. The first-order chi connectivity index (χ1) is 5.27. The Morgan fingerprint density at radius 1 is 1.36 bits per heavy atom. The fraction of sp³-hybridized carbons (Fsp3) is 0.333. The van der Waals surface area contributed by atoms with Crippen LogP contribution in [-0.4, -0.2) is 13.1 Å². The Labute approximate surface area is 66.6 Å². The predicted octanol–water partition coefficient (Wildman–Crippen LogP) is 1.40. The van der Waals surface area contributed by atoms with Crippen molar-refractivity contribution in [3.05, 3.63) is 23.8 Å². The first-order valence-corrected chi connectivity index (χ1v) is 3.88. The standard InChI is InChI=1S/C9H12N2/c1-7-6-8(11-4-5-11)2-3-9(7)10/h2-3,6H,4-5,10H2,1H3. The van der Waals surface area contributed by atoms with Gasteiger partial charge in [0.15, 0.2) is 0 Å². The fourth-order valence-corrected chi connectivity index (χ4v) is 1.16. The van der Waals surface area contributed by atoms with Gasteiger partial charge in [-0.3, -0.25) is 0 Å². The van der Waals surface area contributed by atoms with E-state index in [1.165, 1.54) is 24.3 Å². The summed E-state index contributed by atoms with van der Waals surface area (Å²) in [5.74, 6) is 0. The van der Waals surface area contributed by atoms with Crippen LogP contribution in [0.25, 0.3) is 0 Å². The van der Waals surface area contributed by atoms with Crippen molar-refractivity contribution in [3.8, 4) is 0 Å². The van der Waals surface area contributed by atoms with Crippen molar-refractivity contribution in [3.63, 3.8) is 0 Å². The van der Waals surface area contributed by atoms with E-state index in [9.17, 15) is 0 Å². The highest BCUT2D eigenvalue weighted by Gasteiger charge is 2.17. The number of nitrogens with zero attached hydrogens (tertiary/aromatic N) is 1. The second-order valence-corrected chi connectivity index (χ2v) is 3.03. The van der Waals surface area contributed by atoms with E-state index in [1.807, 2.05) is 13.0 Å². The van der Waals surface area contributed by atoms with Crippen molar-refractivity contribution in [2.75, 3.05) is 23.7 Å². The first-order valence-electron chi connectivity index (χ1n) is 3.88. The quantitative estimate of drug-likeness (QED) is 0.481. The Hall–Kier alpha value is -1.18. The lowest BCUT2D eigenvalue weighted by molar-refractivity contribution is 1.36. The molecular weight excluding hydrogens is 136 g/mol. The van der Waals surface area contributed by atoms with Crippen molar-refractivity contribution in [2.24, 2.45) is 0 Å². The summed E-state index contributed by atoms with van der Waals surface area (Å²) >= 11 is 0. The van der Waals surface area contributed by atoms with E-state index in [4.69, 9.17) is 5.73 Å². The lowest BCUT2D eigenvalue weighted by Gasteiger charge is -2.05. The molecule has 0 aliphatic carbocycles. The van der Waals surface area contributed by atoms with Crippen LogP contribution in [0, 0.1) is 6.92 Å². The van der Waals surface area contributed by atoms with Crippen molar-refractivity contribution in [1.82, 2.24) is 0 Å². The number of nitrogens with two attached hydrogens (primary N) is 1. The zero-order chi connectivity index (χ0) is 7.84. The van der Waals surface area contributed by atoms with Gasteiger partial charge in [-0.05, 0) is 30.7 Å². The van der Waals surface area contributed by atoms with Crippen LogP contribution in [0.4, 0.5) is 11.4 Å². The van der Waals surface area contributed by atoms with E-state index >= 15 is 0 Å². The molecule has 0 saturated carbocycles. The van der Waals surface area contributed by atoms with Crippen LogP contribution in [0.2, 0.25) is 0 Å². The molecule has 58 valence electrons. The molecule has 0 unspecified atom stereocenters. The molecule has 0 radical (unpaired) electrons.